The largest absolute Gasteiger partial charge is 0.485 e. The molecule has 29 heavy (non-hydrogen) atoms. The Morgan fingerprint density at radius 2 is 1.79 bits per heavy atom. The third-order valence-electron chi connectivity index (χ3n) is 5.41. The molecule has 1 unspecified atom stereocenters. The molecule has 0 aliphatic carbocycles. The van der Waals surface area contributed by atoms with Crippen molar-refractivity contribution >= 4 is 11.6 Å². The molecule has 1 atom stereocenters. The Morgan fingerprint density at radius 3 is 2.52 bits per heavy atom. The maximum absolute atomic E-state index is 12.6. The summed E-state index contributed by atoms with van der Waals surface area (Å²) in [4.78, 5) is 38.8. The van der Waals surface area contributed by atoms with E-state index in [1.165, 1.54) is 11.6 Å². The normalized spacial score (nSPS) is 19.1. The average Bonchev–Trinajstić information content (AvgIpc) is 2.75. The summed E-state index contributed by atoms with van der Waals surface area (Å²) in [6.07, 6.45) is 2.29. The minimum Gasteiger partial charge on any atom is -0.485 e. The van der Waals surface area contributed by atoms with Gasteiger partial charge in [-0.2, -0.15) is 0 Å². The highest BCUT2D eigenvalue weighted by Gasteiger charge is 2.30. The molecule has 0 saturated carbocycles. The van der Waals surface area contributed by atoms with E-state index in [0.717, 1.165) is 4.57 Å². The first-order chi connectivity index (χ1) is 13.9. The Labute approximate surface area is 167 Å². The van der Waals surface area contributed by atoms with E-state index in [1.54, 1.807) is 19.3 Å². The second-order valence-electron chi connectivity index (χ2n) is 7.41. The van der Waals surface area contributed by atoms with Crippen molar-refractivity contribution in [2.75, 3.05) is 24.6 Å². The monoisotopic (exact) mass is 400 g/mol. The first-order valence-corrected chi connectivity index (χ1v) is 9.64. The fourth-order valence-corrected chi connectivity index (χ4v) is 3.71. The summed E-state index contributed by atoms with van der Waals surface area (Å²) >= 11 is 0. The van der Waals surface area contributed by atoms with Crippen molar-refractivity contribution in [1.29, 1.82) is 0 Å². The summed E-state index contributed by atoms with van der Waals surface area (Å²) in [6.45, 7) is 1.41. The molecule has 3 heterocycles. The summed E-state index contributed by atoms with van der Waals surface area (Å²) in [7, 11) is 3.11. The Kier molecular flexibility index (Phi) is 5.04. The molecular weight excluding hydrogens is 376 g/mol. The maximum atomic E-state index is 12.6. The van der Waals surface area contributed by atoms with Crippen LogP contribution in [0.15, 0.2) is 40.1 Å². The molecule has 0 spiro atoms. The molecule has 1 saturated heterocycles. The number of para-hydroxylation sites is 2. The van der Waals surface area contributed by atoms with E-state index in [2.05, 4.69) is 5.32 Å². The fourth-order valence-electron chi connectivity index (χ4n) is 3.71. The minimum atomic E-state index is -0.682. The van der Waals surface area contributed by atoms with Gasteiger partial charge in [0.25, 0.3) is 11.5 Å². The molecule has 0 radical (unpaired) electrons. The van der Waals surface area contributed by atoms with Gasteiger partial charge in [0, 0.05) is 39.4 Å². The third-order valence-corrected chi connectivity index (χ3v) is 5.41. The van der Waals surface area contributed by atoms with E-state index in [-0.39, 0.29) is 29.8 Å². The van der Waals surface area contributed by atoms with Crippen LogP contribution in [0.25, 0.3) is 0 Å². The van der Waals surface area contributed by atoms with Crippen LogP contribution in [0.1, 0.15) is 12.8 Å². The fraction of sp³-hybridized carbons (Fsp3) is 0.450. The number of carbonyl (C=O) groups excluding carboxylic acids is 1. The number of amides is 1. The molecule has 1 aromatic carbocycles. The number of aromatic nitrogens is 2. The highest BCUT2D eigenvalue weighted by atomic mass is 16.6. The van der Waals surface area contributed by atoms with Gasteiger partial charge >= 0.3 is 5.69 Å². The Morgan fingerprint density at radius 1 is 1.10 bits per heavy atom. The number of hydrogen-bond donors (Lipinski definition) is 1. The van der Waals surface area contributed by atoms with Crippen LogP contribution < -0.4 is 30.9 Å². The van der Waals surface area contributed by atoms with Crippen molar-refractivity contribution in [3.63, 3.8) is 0 Å². The van der Waals surface area contributed by atoms with Crippen LogP contribution in [0.5, 0.6) is 11.5 Å². The number of benzene rings is 1. The number of anilines is 1. The number of carbonyl (C=O) groups is 1. The molecule has 2 aromatic rings. The second kappa shape index (κ2) is 7.65. The number of aryl methyl sites for hydroxylation is 1. The highest BCUT2D eigenvalue weighted by Crippen LogP contribution is 2.31. The van der Waals surface area contributed by atoms with E-state index < -0.39 is 6.10 Å². The third kappa shape index (κ3) is 3.72. The van der Waals surface area contributed by atoms with Crippen LogP contribution in [-0.4, -0.2) is 46.9 Å². The van der Waals surface area contributed by atoms with E-state index in [0.29, 0.717) is 43.1 Å². The lowest BCUT2D eigenvalue weighted by atomic mass is 10.0. The van der Waals surface area contributed by atoms with Crippen molar-refractivity contribution < 1.29 is 14.3 Å². The summed E-state index contributed by atoms with van der Waals surface area (Å²) in [5, 5.41) is 3.03. The molecular formula is C20H24N4O5. The Hall–Kier alpha value is -3.23. The molecule has 9 nitrogen and oxygen atoms in total. The van der Waals surface area contributed by atoms with Gasteiger partial charge in [-0.25, -0.2) is 4.79 Å². The lowest BCUT2D eigenvalue weighted by Gasteiger charge is -2.34. The van der Waals surface area contributed by atoms with Gasteiger partial charge in [-0.05, 0) is 25.0 Å². The zero-order valence-corrected chi connectivity index (χ0v) is 16.5. The number of hydrogen-bond acceptors (Lipinski definition) is 6. The van der Waals surface area contributed by atoms with E-state index in [4.69, 9.17) is 9.47 Å². The van der Waals surface area contributed by atoms with Crippen molar-refractivity contribution in [2.45, 2.75) is 25.0 Å². The van der Waals surface area contributed by atoms with Gasteiger partial charge in [-0.3, -0.25) is 14.2 Å². The van der Waals surface area contributed by atoms with Gasteiger partial charge in [-0.1, -0.05) is 12.1 Å². The lowest BCUT2D eigenvalue weighted by Crippen LogP contribution is -2.51. The number of fused-ring (bicyclic) bond motifs is 1. The minimum absolute atomic E-state index is 0.00379. The summed E-state index contributed by atoms with van der Waals surface area (Å²) in [6, 6.07) is 7.27. The molecule has 154 valence electrons. The second-order valence-corrected chi connectivity index (χ2v) is 7.41. The first kappa shape index (κ1) is 19.1. The predicted molar refractivity (Wildman–Crippen MR) is 107 cm³/mol. The smallest absolute Gasteiger partial charge is 0.330 e. The molecule has 9 heteroatoms. The van der Waals surface area contributed by atoms with Crippen LogP contribution in [0.3, 0.4) is 0 Å². The van der Waals surface area contributed by atoms with E-state index in [9.17, 15) is 14.4 Å². The molecule has 4 rings (SSSR count). The zero-order chi connectivity index (χ0) is 20.5. The van der Waals surface area contributed by atoms with Gasteiger partial charge < -0.3 is 24.3 Å². The molecule has 0 bridgehead atoms. The van der Waals surface area contributed by atoms with Crippen LogP contribution in [-0.2, 0) is 18.9 Å². The molecule has 1 aromatic heterocycles. The van der Waals surface area contributed by atoms with E-state index >= 15 is 0 Å². The van der Waals surface area contributed by atoms with Crippen LogP contribution in [0, 0.1) is 0 Å². The van der Waals surface area contributed by atoms with E-state index in [1.807, 2.05) is 23.1 Å². The number of ether oxygens (including phenoxy) is 2. The number of nitrogens with one attached hydrogen (secondary N) is 1. The molecule has 1 fully saturated rings. The topological polar surface area (TPSA) is 94.8 Å². The van der Waals surface area contributed by atoms with Crippen LogP contribution >= 0.6 is 0 Å². The maximum Gasteiger partial charge on any atom is 0.330 e. The summed E-state index contributed by atoms with van der Waals surface area (Å²) in [5.74, 6) is 1.01. The Balaban J connectivity index is 1.36. The molecule has 1 amide bonds. The van der Waals surface area contributed by atoms with Gasteiger partial charge in [0.2, 0.25) is 6.10 Å². The predicted octanol–water partition coefficient (Wildman–Crippen LogP) is 0.00900. The van der Waals surface area contributed by atoms with Crippen LogP contribution in [0.4, 0.5) is 5.69 Å². The summed E-state index contributed by atoms with van der Waals surface area (Å²) < 4.78 is 13.9. The van der Waals surface area contributed by atoms with Crippen molar-refractivity contribution in [1.82, 2.24) is 14.5 Å². The standard InChI is InChI=1S/C20H24N4O5/c1-22-11-14(19(26)23(2)20(22)27)24-9-7-13(8-10-24)21-18(25)17-12-28-15-5-3-4-6-16(15)29-17/h3-6,11,13,17H,7-10,12H2,1-2H3,(H,21,25). The lowest BCUT2D eigenvalue weighted by molar-refractivity contribution is -0.131. The van der Waals surface area contributed by atoms with Crippen molar-refractivity contribution in [3.05, 3.63) is 51.3 Å². The number of rotatable bonds is 3. The van der Waals surface area contributed by atoms with Gasteiger partial charge in [0.15, 0.2) is 11.5 Å². The zero-order valence-electron chi connectivity index (χ0n) is 16.5. The van der Waals surface area contributed by atoms with Crippen LogP contribution in [0.2, 0.25) is 0 Å². The number of nitrogens with zero attached hydrogens (tertiary/aromatic N) is 3. The first-order valence-electron chi connectivity index (χ1n) is 9.64. The molecule has 2 aliphatic rings. The quantitative estimate of drug-likeness (QED) is 0.780. The molecule has 1 N–H and O–H groups in total. The SMILES string of the molecule is Cn1cc(N2CCC(NC(=O)C3COc4ccccc4O3)CC2)c(=O)n(C)c1=O. The summed E-state index contributed by atoms with van der Waals surface area (Å²) in [5.41, 5.74) is -0.154. The Bertz CT molecular complexity index is 1040. The van der Waals surface area contributed by atoms with Gasteiger partial charge in [-0.15, -0.1) is 0 Å². The number of piperidine rings is 1. The molecule has 2 aliphatic heterocycles. The van der Waals surface area contributed by atoms with Gasteiger partial charge in [0.05, 0.1) is 0 Å². The highest BCUT2D eigenvalue weighted by molar-refractivity contribution is 5.82. The van der Waals surface area contributed by atoms with Crippen molar-refractivity contribution in [3.8, 4) is 11.5 Å². The average molecular weight is 400 g/mol. The van der Waals surface area contributed by atoms with Crippen molar-refractivity contribution in [2.24, 2.45) is 14.1 Å². The van der Waals surface area contributed by atoms with Gasteiger partial charge in [0.1, 0.15) is 12.3 Å².